The second-order valence-electron chi connectivity index (χ2n) is 4.85. The zero-order valence-electron chi connectivity index (χ0n) is 8.39. The monoisotopic (exact) mass is 182 g/mol. The van der Waals surface area contributed by atoms with Crippen LogP contribution < -0.4 is 10.6 Å². The van der Waals surface area contributed by atoms with Gasteiger partial charge in [-0.1, -0.05) is 6.92 Å². The molecule has 0 aromatic heterocycles. The van der Waals surface area contributed by atoms with Crippen molar-refractivity contribution in [3.05, 3.63) is 0 Å². The molecule has 0 spiro atoms. The summed E-state index contributed by atoms with van der Waals surface area (Å²) in [5, 5.41) is 6.17. The molecular weight excluding hydrogens is 164 g/mol. The minimum Gasteiger partial charge on any atom is -0.355 e. The average Bonchev–Trinajstić information content (AvgIpc) is 2.73. The highest BCUT2D eigenvalue weighted by Crippen LogP contribution is 2.37. The van der Waals surface area contributed by atoms with Crippen LogP contribution in [0.1, 0.15) is 20.3 Å². The molecule has 2 unspecified atom stereocenters. The lowest BCUT2D eigenvalue weighted by Crippen LogP contribution is -2.59. The van der Waals surface area contributed by atoms with Crippen molar-refractivity contribution in [2.45, 2.75) is 20.3 Å². The van der Waals surface area contributed by atoms with Crippen molar-refractivity contribution in [3.8, 4) is 0 Å². The van der Waals surface area contributed by atoms with E-state index in [0.717, 1.165) is 31.5 Å². The van der Waals surface area contributed by atoms with Crippen LogP contribution in [0.15, 0.2) is 0 Å². The van der Waals surface area contributed by atoms with Crippen molar-refractivity contribution in [2.24, 2.45) is 17.3 Å². The number of nitrogens with one attached hydrogen (secondary N) is 2. The first-order valence-electron chi connectivity index (χ1n) is 5.11. The van der Waals surface area contributed by atoms with Gasteiger partial charge >= 0.3 is 0 Å². The standard InChI is InChI=1S/C10H18N2O/c1-7-3-8(7)4-12-9(13)10(2)5-11-6-10/h7-8,11H,3-6H2,1-2H3,(H,12,13). The summed E-state index contributed by atoms with van der Waals surface area (Å²) in [7, 11) is 0. The molecule has 13 heavy (non-hydrogen) atoms. The molecule has 1 aliphatic carbocycles. The summed E-state index contributed by atoms with van der Waals surface area (Å²) >= 11 is 0. The predicted octanol–water partition coefficient (Wildman–Crippen LogP) is 0.368. The Bertz CT molecular complexity index is 223. The van der Waals surface area contributed by atoms with E-state index in [1.165, 1.54) is 6.42 Å². The minimum absolute atomic E-state index is 0.127. The van der Waals surface area contributed by atoms with Gasteiger partial charge < -0.3 is 10.6 Å². The summed E-state index contributed by atoms with van der Waals surface area (Å²) in [5.74, 6) is 1.80. The topological polar surface area (TPSA) is 41.1 Å². The molecule has 1 aliphatic heterocycles. The fourth-order valence-corrected chi connectivity index (χ4v) is 1.78. The van der Waals surface area contributed by atoms with Crippen LogP contribution in [0.2, 0.25) is 0 Å². The number of amides is 1. The lowest BCUT2D eigenvalue weighted by Gasteiger charge is -2.37. The molecule has 2 N–H and O–H groups in total. The van der Waals surface area contributed by atoms with E-state index < -0.39 is 0 Å². The molecule has 2 aliphatic rings. The Labute approximate surface area is 79.3 Å². The Morgan fingerprint density at radius 2 is 2.23 bits per heavy atom. The molecule has 2 fully saturated rings. The molecule has 2 atom stereocenters. The van der Waals surface area contributed by atoms with Gasteiger partial charge in [-0.3, -0.25) is 4.79 Å². The Balaban J connectivity index is 1.72. The molecule has 2 rings (SSSR count). The van der Waals surface area contributed by atoms with Crippen LogP contribution >= 0.6 is 0 Å². The fraction of sp³-hybridized carbons (Fsp3) is 0.900. The highest BCUT2D eigenvalue weighted by Gasteiger charge is 2.40. The normalized spacial score (nSPS) is 34.9. The summed E-state index contributed by atoms with van der Waals surface area (Å²) in [6.45, 7) is 6.81. The minimum atomic E-state index is -0.127. The second kappa shape index (κ2) is 2.98. The van der Waals surface area contributed by atoms with E-state index in [1.807, 2.05) is 6.92 Å². The molecule has 3 heteroatoms. The predicted molar refractivity (Wildman–Crippen MR) is 51.3 cm³/mol. The van der Waals surface area contributed by atoms with Crippen LogP contribution in [0.25, 0.3) is 0 Å². The first kappa shape index (κ1) is 9.00. The summed E-state index contributed by atoms with van der Waals surface area (Å²) in [6.07, 6.45) is 1.29. The Hall–Kier alpha value is -0.570. The van der Waals surface area contributed by atoms with Gasteiger partial charge in [0.05, 0.1) is 5.41 Å². The maximum absolute atomic E-state index is 11.6. The largest absolute Gasteiger partial charge is 0.355 e. The van der Waals surface area contributed by atoms with Gasteiger partial charge in [-0.2, -0.15) is 0 Å². The first-order valence-corrected chi connectivity index (χ1v) is 5.11. The summed E-state index contributed by atoms with van der Waals surface area (Å²) < 4.78 is 0. The molecular formula is C10H18N2O. The summed E-state index contributed by atoms with van der Waals surface area (Å²) in [5.41, 5.74) is -0.127. The molecule has 1 heterocycles. The van der Waals surface area contributed by atoms with E-state index >= 15 is 0 Å². The lowest BCUT2D eigenvalue weighted by molar-refractivity contribution is -0.132. The lowest BCUT2D eigenvalue weighted by atomic mass is 9.83. The number of rotatable bonds is 3. The van der Waals surface area contributed by atoms with Crippen LogP contribution in [0.4, 0.5) is 0 Å². The van der Waals surface area contributed by atoms with E-state index in [2.05, 4.69) is 17.6 Å². The molecule has 74 valence electrons. The highest BCUT2D eigenvalue weighted by molar-refractivity contribution is 5.83. The van der Waals surface area contributed by atoms with Crippen LogP contribution in [0.3, 0.4) is 0 Å². The number of hydrogen-bond acceptors (Lipinski definition) is 2. The Morgan fingerprint density at radius 1 is 1.62 bits per heavy atom. The molecule has 1 saturated heterocycles. The van der Waals surface area contributed by atoms with E-state index in [0.29, 0.717) is 0 Å². The van der Waals surface area contributed by atoms with Crippen LogP contribution in [-0.2, 0) is 4.79 Å². The van der Waals surface area contributed by atoms with Gasteiger partial charge in [0, 0.05) is 19.6 Å². The van der Waals surface area contributed by atoms with Crippen molar-refractivity contribution in [3.63, 3.8) is 0 Å². The summed E-state index contributed by atoms with van der Waals surface area (Å²) in [6, 6.07) is 0. The van der Waals surface area contributed by atoms with Crippen molar-refractivity contribution >= 4 is 5.91 Å². The summed E-state index contributed by atoms with van der Waals surface area (Å²) in [4.78, 5) is 11.6. The van der Waals surface area contributed by atoms with Crippen molar-refractivity contribution in [1.82, 2.24) is 10.6 Å². The van der Waals surface area contributed by atoms with Crippen LogP contribution in [-0.4, -0.2) is 25.5 Å². The Morgan fingerprint density at radius 3 is 2.62 bits per heavy atom. The van der Waals surface area contributed by atoms with Gasteiger partial charge in [-0.05, 0) is 25.2 Å². The first-order chi connectivity index (χ1) is 6.12. The van der Waals surface area contributed by atoms with Crippen LogP contribution in [0, 0.1) is 17.3 Å². The van der Waals surface area contributed by atoms with Gasteiger partial charge in [0.15, 0.2) is 0 Å². The zero-order chi connectivity index (χ0) is 9.47. The third kappa shape index (κ3) is 1.70. The molecule has 1 amide bonds. The van der Waals surface area contributed by atoms with E-state index in [-0.39, 0.29) is 11.3 Å². The van der Waals surface area contributed by atoms with Gasteiger partial charge in [0.1, 0.15) is 0 Å². The van der Waals surface area contributed by atoms with Gasteiger partial charge in [0.25, 0.3) is 0 Å². The third-order valence-corrected chi connectivity index (χ3v) is 3.38. The molecule has 0 radical (unpaired) electrons. The maximum Gasteiger partial charge on any atom is 0.228 e. The SMILES string of the molecule is CC1CC1CNC(=O)C1(C)CNC1. The molecule has 0 aromatic rings. The number of hydrogen-bond donors (Lipinski definition) is 2. The number of carbonyl (C=O) groups excluding carboxylic acids is 1. The van der Waals surface area contributed by atoms with Crippen molar-refractivity contribution < 1.29 is 4.79 Å². The zero-order valence-corrected chi connectivity index (χ0v) is 8.39. The quantitative estimate of drug-likeness (QED) is 0.662. The number of carbonyl (C=O) groups is 1. The second-order valence-corrected chi connectivity index (χ2v) is 4.85. The molecule has 3 nitrogen and oxygen atoms in total. The fourth-order valence-electron chi connectivity index (χ4n) is 1.78. The highest BCUT2D eigenvalue weighted by atomic mass is 16.2. The van der Waals surface area contributed by atoms with Crippen LogP contribution in [0.5, 0.6) is 0 Å². The molecule has 1 saturated carbocycles. The van der Waals surface area contributed by atoms with Gasteiger partial charge in [0.2, 0.25) is 5.91 Å². The van der Waals surface area contributed by atoms with Crippen molar-refractivity contribution in [2.75, 3.05) is 19.6 Å². The van der Waals surface area contributed by atoms with Crippen molar-refractivity contribution in [1.29, 1.82) is 0 Å². The van der Waals surface area contributed by atoms with E-state index in [4.69, 9.17) is 0 Å². The Kier molecular flexibility index (Phi) is 2.06. The molecule has 0 aromatic carbocycles. The average molecular weight is 182 g/mol. The maximum atomic E-state index is 11.6. The van der Waals surface area contributed by atoms with Gasteiger partial charge in [-0.25, -0.2) is 0 Å². The van der Waals surface area contributed by atoms with E-state index in [9.17, 15) is 4.79 Å². The smallest absolute Gasteiger partial charge is 0.228 e. The molecule has 0 bridgehead atoms. The van der Waals surface area contributed by atoms with Gasteiger partial charge in [-0.15, -0.1) is 0 Å². The third-order valence-electron chi connectivity index (χ3n) is 3.38. The van der Waals surface area contributed by atoms with E-state index in [1.54, 1.807) is 0 Å².